The smallest absolute Gasteiger partial charge is 0.333 e. The zero-order chi connectivity index (χ0) is 16.7. The second kappa shape index (κ2) is 5.49. The number of nitrogens with zero attached hydrogens (tertiary/aromatic N) is 1. The Morgan fingerprint density at radius 1 is 1.08 bits per heavy atom. The summed E-state index contributed by atoms with van der Waals surface area (Å²) in [5.41, 5.74) is 0.358. The summed E-state index contributed by atoms with van der Waals surface area (Å²) in [6.45, 7) is 0. The molecule has 0 saturated heterocycles. The second-order valence-corrected chi connectivity index (χ2v) is 5.91. The van der Waals surface area contributed by atoms with Crippen molar-refractivity contribution in [1.29, 1.82) is 0 Å². The Labute approximate surface area is 136 Å². The minimum Gasteiger partial charge on any atom is -0.349 e. The van der Waals surface area contributed by atoms with E-state index < -0.39 is 11.2 Å². The number of amides is 1. The van der Waals surface area contributed by atoms with Gasteiger partial charge in [-0.1, -0.05) is 18.2 Å². The number of hydrogen-bond acceptors (Lipinski definition) is 3. The van der Waals surface area contributed by atoms with E-state index in [0.717, 1.165) is 17.4 Å². The SMILES string of the molecule is O=C(NC1CC1)c1ccc2c(=O)n(-c3ccccc3)c(=O)[nH]c2c1. The molecule has 4 rings (SSSR count). The summed E-state index contributed by atoms with van der Waals surface area (Å²) in [6.07, 6.45) is 2.00. The van der Waals surface area contributed by atoms with Crippen LogP contribution < -0.4 is 16.6 Å². The maximum atomic E-state index is 12.7. The monoisotopic (exact) mass is 321 g/mol. The highest BCUT2D eigenvalue weighted by molar-refractivity contribution is 5.97. The van der Waals surface area contributed by atoms with E-state index in [-0.39, 0.29) is 11.9 Å². The van der Waals surface area contributed by atoms with Gasteiger partial charge in [-0.25, -0.2) is 9.36 Å². The van der Waals surface area contributed by atoms with Gasteiger partial charge in [-0.3, -0.25) is 9.59 Å². The molecule has 6 heteroatoms. The number of fused-ring (bicyclic) bond motifs is 1. The van der Waals surface area contributed by atoms with Crippen molar-refractivity contribution in [2.75, 3.05) is 0 Å². The first kappa shape index (κ1) is 14.4. The van der Waals surface area contributed by atoms with E-state index in [9.17, 15) is 14.4 Å². The summed E-state index contributed by atoms with van der Waals surface area (Å²) >= 11 is 0. The molecule has 1 heterocycles. The van der Waals surface area contributed by atoms with Crippen LogP contribution in [0.5, 0.6) is 0 Å². The molecule has 2 N–H and O–H groups in total. The van der Waals surface area contributed by atoms with E-state index in [4.69, 9.17) is 0 Å². The first-order valence-electron chi connectivity index (χ1n) is 7.79. The molecule has 1 aliphatic carbocycles. The fourth-order valence-corrected chi connectivity index (χ4v) is 2.67. The molecule has 0 unspecified atom stereocenters. The van der Waals surface area contributed by atoms with Crippen molar-refractivity contribution in [3.63, 3.8) is 0 Å². The summed E-state index contributed by atoms with van der Waals surface area (Å²) < 4.78 is 1.09. The van der Waals surface area contributed by atoms with Crippen LogP contribution in [0.4, 0.5) is 0 Å². The van der Waals surface area contributed by atoms with Crippen LogP contribution in [0.2, 0.25) is 0 Å². The fraction of sp³-hybridized carbons (Fsp3) is 0.167. The van der Waals surface area contributed by atoms with Gasteiger partial charge in [0, 0.05) is 11.6 Å². The highest BCUT2D eigenvalue weighted by atomic mass is 16.2. The summed E-state index contributed by atoms with van der Waals surface area (Å²) in [7, 11) is 0. The Bertz CT molecular complexity index is 1050. The van der Waals surface area contributed by atoms with E-state index >= 15 is 0 Å². The standard InChI is InChI=1S/C18H15N3O3/c22-16(19-12-7-8-12)11-6-9-14-15(10-11)20-18(24)21(17(14)23)13-4-2-1-3-5-13/h1-6,9-10,12H,7-8H2,(H,19,22)(H,20,24). The van der Waals surface area contributed by atoms with Crippen molar-refractivity contribution in [1.82, 2.24) is 14.9 Å². The van der Waals surface area contributed by atoms with Gasteiger partial charge in [-0.2, -0.15) is 0 Å². The van der Waals surface area contributed by atoms with Gasteiger partial charge in [-0.15, -0.1) is 0 Å². The largest absolute Gasteiger partial charge is 0.349 e. The lowest BCUT2D eigenvalue weighted by atomic mass is 10.1. The summed E-state index contributed by atoms with van der Waals surface area (Å²) in [5, 5.41) is 3.25. The molecule has 3 aromatic rings. The van der Waals surface area contributed by atoms with Gasteiger partial charge in [0.25, 0.3) is 11.5 Å². The molecule has 6 nitrogen and oxygen atoms in total. The molecule has 1 saturated carbocycles. The van der Waals surface area contributed by atoms with E-state index in [1.807, 2.05) is 6.07 Å². The molecule has 0 spiro atoms. The van der Waals surface area contributed by atoms with Gasteiger partial charge in [0.2, 0.25) is 0 Å². The lowest BCUT2D eigenvalue weighted by molar-refractivity contribution is 0.0951. The van der Waals surface area contributed by atoms with Crippen LogP contribution in [0, 0.1) is 0 Å². The Morgan fingerprint density at radius 2 is 1.83 bits per heavy atom. The number of rotatable bonds is 3. The van der Waals surface area contributed by atoms with E-state index in [2.05, 4.69) is 10.3 Å². The van der Waals surface area contributed by atoms with Crippen LogP contribution in [0.15, 0.2) is 58.1 Å². The van der Waals surface area contributed by atoms with Gasteiger partial charge in [0.05, 0.1) is 16.6 Å². The van der Waals surface area contributed by atoms with Crippen molar-refractivity contribution in [2.24, 2.45) is 0 Å². The number of nitrogens with one attached hydrogen (secondary N) is 2. The van der Waals surface area contributed by atoms with Crippen LogP contribution in [0.25, 0.3) is 16.6 Å². The summed E-state index contributed by atoms with van der Waals surface area (Å²) in [4.78, 5) is 39.8. The predicted octanol–water partition coefficient (Wildman–Crippen LogP) is 1.57. The highest BCUT2D eigenvalue weighted by Crippen LogP contribution is 2.19. The Hall–Kier alpha value is -3.15. The number of carbonyl (C=O) groups is 1. The maximum Gasteiger partial charge on any atom is 0.333 e. The topological polar surface area (TPSA) is 84.0 Å². The molecule has 0 aliphatic heterocycles. The van der Waals surface area contributed by atoms with Crippen molar-refractivity contribution in [3.8, 4) is 5.69 Å². The molecule has 1 aromatic heterocycles. The molecule has 0 radical (unpaired) electrons. The molecule has 0 atom stereocenters. The number of carbonyl (C=O) groups excluding carboxylic acids is 1. The van der Waals surface area contributed by atoms with Gasteiger partial charge < -0.3 is 10.3 Å². The van der Waals surface area contributed by atoms with Gasteiger partial charge >= 0.3 is 5.69 Å². The van der Waals surface area contributed by atoms with Crippen LogP contribution in [-0.2, 0) is 0 Å². The third-order valence-electron chi connectivity index (χ3n) is 4.09. The van der Waals surface area contributed by atoms with Crippen LogP contribution in [0.1, 0.15) is 23.2 Å². The van der Waals surface area contributed by atoms with Crippen LogP contribution in [0.3, 0.4) is 0 Å². The molecular formula is C18H15N3O3. The average molecular weight is 321 g/mol. The minimum atomic E-state index is -0.529. The average Bonchev–Trinajstić information content (AvgIpc) is 3.39. The van der Waals surface area contributed by atoms with Crippen LogP contribution in [-0.4, -0.2) is 21.5 Å². The first-order chi connectivity index (χ1) is 11.6. The molecule has 1 amide bonds. The number of aromatic amines is 1. The van der Waals surface area contributed by atoms with Crippen molar-refractivity contribution in [2.45, 2.75) is 18.9 Å². The number of benzene rings is 2. The number of aromatic nitrogens is 2. The fourth-order valence-electron chi connectivity index (χ4n) is 2.67. The maximum absolute atomic E-state index is 12.7. The van der Waals surface area contributed by atoms with Gasteiger partial charge in [0.15, 0.2) is 0 Å². The zero-order valence-corrected chi connectivity index (χ0v) is 12.8. The molecule has 0 bridgehead atoms. The highest BCUT2D eigenvalue weighted by Gasteiger charge is 2.24. The lowest BCUT2D eigenvalue weighted by Crippen LogP contribution is -2.33. The predicted molar refractivity (Wildman–Crippen MR) is 90.7 cm³/mol. The van der Waals surface area contributed by atoms with Crippen LogP contribution >= 0.6 is 0 Å². The molecule has 1 aliphatic rings. The Kier molecular flexibility index (Phi) is 3.30. The third-order valence-corrected chi connectivity index (χ3v) is 4.09. The summed E-state index contributed by atoms with van der Waals surface area (Å²) in [5.74, 6) is -0.188. The number of hydrogen-bond donors (Lipinski definition) is 2. The molecule has 120 valence electrons. The van der Waals surface area contributed by atoms with Gasteiger partial charge in [0.1, 0.15) is 0 Å². The van der Waals surface area contributed by atoms with Crippen molar-refractivity contribution >= 4 is 16.8 Å². The Morgan fingerprint density at radius 3 is 2.54 bits per heavy atom. The zero-order valence-electron chi connectivity index (χ0n) is 12.8. The number of para-hydroxylation sites is 1. The van der Waals surface area contributed by atoms with E-state index in [1.54, 1.807) is 42.5 Å². The van der Waals surface area contributed by atoms with Crippen molar-refractivity contribution in [3.05, 3.63) is 74.9 Å². The minimum absolute atomic E-state index is 0.188. The Balaban J connectivity index is 1.84. The van der Waals surface area contributed by atoms with E-state index in [0.29, 0.717) is 22.2 Å². The molecule has 1 fully saturated rings. The molecule has 2 aromatic carbocycles. The van der Waals surface area contributed by atoms with E-state index in [1.165, 1.54) is 0 Å². The lowest BCUT2D eigenvalue weighted by Gasteiger charge is -2.08. The third kappa shape index (κ3) is 2.52. The van der Waals surface area contributed by atoms with Crippen molar-refractivity contribution < 1.29 is 4.79 Å². The first-order valence-corrected chi connectivity index (χ1v) is 7.79. The molecule has 24 heavy (non-hydrogen) atoms. The van der Waals surface area contributed by atoms with Gasteiger partial charge in [-0.05, 0) is 43.2 Å². The second-order valence-electron chi connectivity index (χ2n) is 5.91. The number of H-pyrrole nitrogens is 1. The quantitative estimate of drug-likeness (QED) is 0.768. The normalized spacial score (nSPS) is 13.8. The summed E-state index contributed by atoms with van der Waals surface area (Å²) in [6, 6.07) is 13.7. The molecular weight excluding hydrogens is 306 g/mol.